The quantitative estimate of drug-likeness (QED) is 0.755. The number of likely N-dealkylation sites (tertiary alicyclic amines) is 2. The van der Waals surface area contributed by atoms with Crippen molar-refractivity contribution in [1.29, 1.82) is 0 Å². The lowest BCUT2D eigenvalue weighted by atomic mass is 9.97. The molecular weight excluding hydrogens is 352 g/mol. The number of carbonyl (C=O) groups excluding carboxylic acids is 3. The summed E-state index contributed by atoms with van der Waals surface area (Å²) in [6.45, 7) is 2.47. The Labute approximate surface area is 158 Å². The molecule has 2 amide bonds. The zero-order valence-corrected chi connectivity index (χ0v) is 15.8. The maximum absolute atomic E-state index is 12.3. The summed E-state index contributed by atoms with van der Waals surface area (Å²) in [5.74, 6) is -0.593. The van der Waals surface area contributed by atoms with Crippen LogP contribution >= 0.6 is 11.3 Å². The van der Waals surface area contributed by atoms with Crippen molar-refractivity contribution in [2.75, 3.05) is 32.8 Å². The minimum absolute atomic E-state index is 0.0307. The number of esters is 1. The van der Waals surface area contributed by atoms with Gasteiger partial charge in [0.2, 0.25) is 0 Å². The molecule has 0 unspecified atom stereocenters. The van der Waals surface area contributed by atoms with Gasteiger partial charge < -0.3 is 14.5 Å². The molecule has 0 aliphatic carbocycles. The molecule has 26 heavy (non-hydrogen) atoms. The molecule has 0 spiro atoms. The van der Waals surface area contributed by atoms with Crippen LogP contribution < -0.4 is 0 Å². The highest BCUT2D eigenvalue weighted by atomic mass is 32.1. The van der Waals surface area contributed by atoms with E-state index in [1.165, 1.54) is 11.3 Å². The van der Waals surface area contributed by atoms with Gasteiger partial charge in [-0.25, -0.2) is 0 Å². The van der Waals surface area contributed by atoms with Crippen molar-refractivity contribution in [3.63, 3.8) is 0 Å². The third kappa shape index (κ3) is 4.84. The number of rotatable bonds is 4. The van der Waals surface area contributed by atoms with E-state index in [0.29, 0.717) is 25.9 Å². The summed E-state index contributed by atoms with van der Waals surface area (Å²) >= 11 is 1.43. The summed E-state index contributed by atoms with van der Waals surface area (Å²) in [6.07, 6.45) is 5.55. The Morgan fingerprint density at radius 3 is 2.31 bits per heavy atom. The minimum atomic E-state index is -0.309. The lowest BCUT2D eigenvalue weighted by Crippen LogP contribution is -2.41. The number of hydrogen-bond acceptors (Lipinski definition) is 5. The third-order valence-electron chi connectivity index (χ3n) is 5.14. The number of carbonyl (C=O) groups is 3. The fourth-order valence-corrected chi connectivity index (χ4v) is 4.23. The predicted octanol–water partition coefficient (Wildman–Crippen LogP) is 2.55. The van der Waals surface area contributed by atoms with Gasteiger partial charge in [-0.1, -0.05) is 18.9 Å². The highest BCUT2D eigenvalue weighted by Crippen LogP contribution is 2.22. The van der Waals surface area contributed by atoms with Gasteiger partial charge in [0.25, 0.3) is 11.8 Å². The van der Waals surface area contributed by atoms with Gasteiger partial charge in [0, 0.05) is 26.2 Å². The van der Waals surface area contributed by atoms with Gasteiger partial charge in [0.1, 0.15) is 0 Å². The van der Waals surface area contributed by atoms with E-state index in [1.807, 2.05) is 22.4 Å². The normalized spacial score (nSPS) is 19.1. The largest absolute Gasteiger partial charge is 0.455 e. The van der Waals surface area contributed by atoms with Crippen molar-refractivity contribution in [2.24, 2.45) is 5.92 Å². The fraction of sp³-hybridized carbons (Fsp3) is 0.632. The monoisotopic (exact) mass is 378 g/mol. The van der Waals surface area contributed by atoms with E-state index in [9.17, 15) is 14.4 Å². The second kappa shape index (κ2) is 9.16. The summed E-state index contributed by atoms with van der Waals surface area (Å²) in [5, 5.41) is 1.89. The van der Waals surface area contributed by atoms with Crippen molar-refractivity contribution in [2.45, 2.75) is 38.5 Å². The number of hydrogen-bond donors (Lipinski definition) is 0. The Morgan fingerprint density at radius 1 is 1.00 bits per heavy atom. The topological polar surface area (TPSA) is 66.9 Å². The second-order valence-electron chi connectivity index (χ2n) is 6.95. The number of piperidine rings is 1. The van der Waals surface area contributed by atoms with Gasteiger partial charge in [0.15, 0.2) is 6.61 Å². The first-order valence-electron chi connectivity index (χ1n) is 9.42. The third-order valence-corrected chi connectivity index (χ3v) is 6.00. The number of thiophene rings is 1. The van der Waals surface area contributed by atoms with E-state index in [2.05, 4.69) is 0 Å². The number of amides is 2. The van der Waals surface area contributed by atoms with Crippen molar-refractivity contribution >= 4 is 29.1 Å². The summed E-state index contributed by atoms with van der Waals surface area (Å²) in [6, 6.07) is 3.69. The molecule has 0 atom stereocenters. The zero-order valence-electron chi connectivity index (χ0n) is 15.0. The second-order valence-corrected chi connectivity index (χ2v) is 7.89. The van der Waals surface area contributed by atoms with E-state index < -0.39 is 0 Å². The average molecular weight is 378 g/mol. The van der Waals surface area contributed by atoms with Gasteiger partial charge >= 0.3 is 5.97 Å². The molecule has 2 fully saturated rings. The van der Waals surface area contributed by atoms with Gasteiger partial charge in [-0.3, -0.25) is 14.4 Å². The Balaban J connectivity index is 1.40. The van der Waals surface area contributed by atoms with E-state index in [1.54, 1.807) is 4.90 Å². The van der Waals surface area contributed by atoms with E-state index in [-0.39, 0.29) is 30.3 Å². The smallest absolute Gasteiger partial charge is 0.309 e. The van der Waals surface area contributed by atoms with E-state index >= 15 is 0 Å². The molecule has 1 aromatic rings. The standard InChI is InChI=1S/C19H26N2O4S/c22-17(20-9-3-1-2-4-10-20)14-25-19(24)15-7-11-21(12-8-15)18(23)16-6-5-13-26-16/h5-6,13,15H,1-4,7-12,14H2. The molecule has 2 aliphatic heterocycles. The number of ether oxygens (including phenoxy) is 1. The average Bonchev–Trinajstić information content (AvgIpc) is 3.07. The van der Waals surface area contributed by atoms with Crippen LogP contribution in [0, 0.1) is 5.92 Å². The first-order valence-corrected chi connectivity index (χ1v) is 10.3. The van der Waals surface area contributed by atoms with Gasteiger partial charge in [-0.05, 0) is 37.1 Å². The molecule has 1 aromatic heterocycles. The predicted molar refractivity (Wildman–Crippen MR) is 99.0 cm³/mol. The molecule has 7 heteroatoms. The summed E-state index contributed by atoms with van der Waals surface area (Å²) in [4.78, 5) is 41.1. The summed E-state index contributed by atoms with van der Waals surface area (Å²) < 4.78 is 5.27. The molecule has 142 valence electrons. The maximum Gasteiger partial charge on any atom is 0.309 e. The van der Waals surface area contributed by atoms with Crippen LogP contribution in [0.4, 0.5) is 0 Å². The molecule has 0 N–H and O–H groups in total. The van der Waals surface area contributed by atoms with Crippen LogP contribution in [0.15, 0.2) is 17.5 Å². The van der Waals surface area contributed by atoms with E-state index in [4.69, 9.17) is 4.74 Å². The molecule has 3 rings (SSSR count). The lowest BCUT2D eigenvalue weighted by Gasteiger charge is -2.30. The van der Waals surface area contributed by atoms with E-state index in [0.717, 1.165) is 43.6 Å². The Morgan fingerprint density at radius 2 is 1.69 bits per heavy atom. The summed E-state index contributed by atoms with van der Waals surface area (Å²) in [7, 11) is 0. The Hall–Kier alpha value is -1.89. The first kappa shape index (κ1) is 18.9. The van der Waals surface area contributed by atoms with Crippen molar-refractivity contribution in [3.05, 3.63) is 22.4 Å². The molecule has 0 saturated carbocycles. The van der Waals surface area contributed by atoms with Crippen molar-refractivity contribution < 1.29 is 19.1 Å². The Kier molecular flexibility index (Phi) is 6.66. The highest BCUT2D eigenvalue weighted by molar-refractivity contribution is 7.12. The first-order chi connectivity index (χ1) is 12.6. The molecule has 6 nitrogen and oxygen atoms in total. The van der Waals surface area contributed by atoms with Crippen LogP contribution in [0.2, 0.25) is 0 Å². The van der Waals surface area contributed by atoms with Crippen LogP contribution in [0.5, 0.6) is 0 Å². The molecule has 0 radical (unpaired) electrons. The SMILES string of the molecule is O=C(OCC(=O)N1CCCCCC1)C1CCN(C(=O)c2cccs2)CC1. The Bertz CT molecular complexity index is 615. The van der Waals surface area contributed by atoms with Gasteiger partial charge in [-0.15, -0.1) is 11.3 Å². The van der Waals surface area contributed by atoms with Crippen molar-refractivity contribution in [1.82, 2.24) is 9.80 Å². The van der Waals surface area contributed by atoms with Crippen LogP contribution in [-0.2, 0) is 14.3 Å². The molecule has 0 aromatic carbocycles. The van der Waals surface area contributed by atoms with Crippen LogP contribution in [0.1, 0.15) is 48.2 Å². The summed E-state index contributed by atoms with van der Waals surface area (Å²) in [5.41, 5.74) is 0. The van der Waals surface area contributed by atoms with Crippen LogP contribution in [0.3, 0.4) is 0 Å². The fourth-order valence-electron chi connectivity index (χ4n) is 3.54. The molecular formula is C19H26N2O4S. The zero-order chi connectivity index (χ0) is 18.4. The number of nitrogens with zero attached hydrogens (tertiary/aromatic N) is 2. The maximum atomic E-state index is 12.3. The van der Waals surface area contributed by atoms with Crippen LogP contribution in [0.25, 0.3) is 0 Å². The van der Waals surface area contributed by atoms with Crippen molar-refractivity contribution in [3.8, 4) is 0 Å². The van der Waals surface area contributed by atoms with Crippen LogP contribution in [-0.4, -0.2) is 60.4 Å². The van der Waals surface area contributed by atoms with Gasteiger partial charge in [-0.2, -0.15) is 0 Å². The minimum Gasteiger partial charge on any atom is -0.455 e. The molecule has 2 aliphatic rings. The molecule has 3 heterocycles. The molecule has 2 saturated heterocycles. The lowest BCUT2D eigenvalue weighted by molar-refractivity contribution is -0.156. The molecule has 0 bridgehead atoms. The van der Waals surface area contributed by atoms with Gasteiger partial charge in [0.05, 0.1) is 10.8 Å². The highest BCUT2D eigenvalue weighted by Gasteiger charge is 2.29.